The zero-order valence-electron chi connectivity index (χ0n) is 22.1. The van der Waals surface area contributed by atoms with Crippen molar-refractivity contribution in [3.63, 3.8) is 0 Å². The molecule has 0 amide bonds. The number of nitrogens with zero attached hydrogens (tertiary/aromatic N) is 3. The van der Waals surface area contributed by atoms with Crippen molar-refractivity contribution in [2.24, 2.45) is 10.9 Å². The van der Waals surface area contributed by atoms with Crippen LogP contribution in [0.25, 0.3) is 10.8 Å². The number of ketones is 1. The number of piperidine rings is 1. The number of hydrogen-bond acceptors (Lipinski definition) is 7. The molecule has 2 aliphatic heterocycles. The molecule has 4 unspecified atom stereocenters. The molecule has 0 aliphatic carbocycles. The van der Waals surface area contributed by atoms with Gasteiger partial charge in [-0.15, -0.1) is 0 Å². The molecule has 2 saturated heterocycles. The Morgan fingerprint density at radius 2 is 1.87 bits per heavy atom. The molecule has 38 heavy (non-hydrogen) atoms. The molecule has 0 aromatic heterocycles. The van der Waals surface area contributed by atoms with E-state index in [2.05, 4.69) is 57.3 Å². The number of Topliss-reactive ketones (excluding diaryl/α,β-unsaturated/α-hetero) is 1. The number of fused-ring (bicyclic) bond motifs is 3. The van der Waals surface area contributed by atoms with Crippen LogP contribution >= 0.6 is 0 Å². The van der Waals surface area contributed by atoms with E-state index >= 15 is 0 Å². The van der Waals surface area contributed by atoms with E-state index in [1.165, 1.54) is 16.3 Å². The van der Waals surface area contributed by atoms with Gasteiger partial charge < -0.3 is 45.7 Å². The van der Waals surface area contributed by atoms with Crippen molar-refractivity contribution in [3.8, 4) is 0 Å². The van der Waals surface area contributed by atoms with Gasteiger partial charge in [0.05, 0.1) is 0 Å². The Bertz CT molecular complexity index is 1060. The van der Waals surface area contributed by atoms with Crippen molar-refractivity contribution < 1.29 is 35.5 Å². The maximum absolute atomic E-state index is 13.3. The van der Waals surface area contributed by atoms with Crippen LogP contribution in [0.3, 0.4) is 0 Å². The van der Waals surface area contributed by atoms with Gasteiger partial charge >= 0.3 is 20.1 Å². The molecular weight excluding hydrogens is 600 g/mol. The summed E-state index contributed by atoms with van der Waals surface area (Å²) >= 11 is 10.1. The molecule has 4 atom stereocenters. The molecule has 9 heteroatoms. The van der Waals surface area contributed by atoms with Crippen LogP contribution in [0.4, 0.5) is 0 Å². The summed E-state index contributed by atoms with van der Waals surface area (Å²) in [4.78, 5) is 22.1. The van der Waals surface area contributed by atoms with Crippen LogP contribution in [0.1, 0.15) is 50.5 Å². The van der Waals surface area contributed by atoms with E-state index in [1.807, 2.05) is 6.92 Å². The first-order chi connectivity index (χ1) is 17.5. The van der Waals surface area contributed by atoms with E-state index in [0.717, 1.165) is 45.3 Å². The van der Waals surface area contributed by atoms with Gasteiger partial charge in [0.25, 0.3) is 0 Å². The molecule has 0 spiro atoms. The Labute approximate surface area is 252 Å². The van der Waals surface area contributed by atoms with Crippen LogP contribution in [-0.4, -0.2) is 77.8 Å². The molecule has 2 aromatic carbocycles. The maximum atomic E-state index is 13.3. The standard InChI is InChI=1S/C29H41N3O2S2.O.Tc/c1-2-27(33)29-25(23-9-8-21-6-3-4-7-22(21)18-23)19-24-10-11-26(29)32(24)14-5-13-31(15-17-36)20-28(34)30-12-16-35;;/h3-4,6-9,18,24-26,29,35-36H,2,5,10-17,19-20H2,1H3,(H,30,34);;/q;-2;+5/p-3. The van der Waals surface area contributed by atoms with Crippen LogP contribution in [0.15, 0.2) is 47.5 Å². The molecule has 0 N–H and O–H groups in total. The molecule has 6 nitrogen and oxygen atoms in total. The van der Waals surface area contributed by atoms with E-state index in [1.54, 1.807) is 0 Å². The van der Waals surface area contributed by atoms with Crippen molar-refractivity contribution in [2.45, 2.75) is 57.0 Å². The minimum Gasteiger partial charge on any atom is -2.00 e. The number of carbonyl (C=O) groups is 1. The third kappa shape index (κ3) is 8.06. The molecule has 4 rings (SSSR count). The average molecular weight is 639 g/mol. The van der Waals surface area contributed by atoms with Gasteiger partial charge in [0.15, 0.2) is 0 Å². The summed E-state index contributed by atoms with van der Waals surface area (Å²) in [6.07, 6.45) is 4.85. The van der Waals surface area contributed by atoms with Gasteiger partial charge in [0.1, 0.15) is 5.78 Å². The Morgan fingerprint density at radius 3 is 2.58 bits per heavy atom. The average Bonchev–Trinajstić information content (AvgIpc) is 3.17. The third-order valence-electron chi connectivity index (χ3n) is 8.02. The molecule has 0 saturated carbocycles. The maximum Gasteiger partial charge on any atom is 5.00 e. The fourth-order valence-electron chi connectivity index (χ4n) is 6.41. The Kier molecular flexibility index (Phi) is 14.3. The minimum absolute atomic E-state index is 0. The zero-order valence-corrected chi connectivity index (χ0v) is 25.6. The van der Waals surface area contributed by atoms with Gasteiger partial charge in [-0.3, -0.25) is 9.69 Å². The van der Waals surface area contributed by atoms with Crippen LogP contribution in [-0.2, 0) is 55.6 Å². The van der Waals surface area contributed by atoms with Crippen molar-refractivity contribution >= 4 is 47.7 Å². The SMILES string of the molecule is CCC(=O)C1C(c2ccc3ccccc3c2)CC2CCC1N2CCCN(CC[S-])CC([O-])=NCC[S-].[O-2].[Tc+5]. The number of rotatable bonds is 13. The van der Waals surface area contributed by atoms with Crippen LogP contribution < -0.4 is 5.11 Å². The predicted octanol–water partition coefficient (Wildman–Crippen LogP) is 3.18. The van der Waals surface area contributed by atoms with Crippen LogP contribution in [0, 0.1) is 5.92 Å². The van der Waals surface area contributed by atoms with Gasteiger partial charge in [-0.25, -0.2) is 0 Å². The topological polar surface area (TPSA) is 87.5 Å². The number of hydrogen-bond donors (Lipinski definition) is 0. The molecule has 2 aromatic rings. The quantitative estimate of drug-likeness (QED) is 0.190. The Morgan fingerprint density at radius 1 is 1.11 bits per heavy atom. The van der Waals surface area contributed by atoms with Crippen molar-refractivity contribution in [1.29, 1.82) is 0 Å². The number of benzene rings is 2. The van der Waals surface area contributed by atoms with Crippen molar-refractivity contribution in [1.82, 2.24) is 9.80 Å². The van der Waals surface area contributed by atoms with Crippen LogP contribution in [0.2, 0.25) is 0 Å². The summed E-state index contributed by atoms with van der Waals surface area (Å²) in [5.41, 5.74) is 1.31. The van der Waals surface area contributed by atoms with E-state index in [4.69, 9.17) is 25.3 Å². The number of aliphatic imine (C=N–C) groups is 1. The largest absolute Gasteiger partial charge is 5.00 e. The van der Waals surface area contributed by atoms with Gasteiger partial charge in [-0.1, -0.05) is 49.4 Å². The Hall–Kier alpha value is -0.931. The van der Waals surface area contributed by atoms with E-state index in [-0.39, 0.29) is 43.3 Å². The molecular formula is C29H38N3O3S2Tc. The number of carbonyl (C=O) groups excluding carboxylic acids is 1. The Balaban J connectivity index is 0.00000253. The molecule has 0 radical (unpaired) electrons. The second-order valence-corrected chi connectivity index (χ2v) is 11.0. The monoisotopic (exact) mass is 637 g/mol. The summed E-state index contributed by atoms with van der Waals surface area (Å²) in [7, 11) is 0. The predicted molar refractivity (Wildman–Crippen MR) is 152 cm³/mol. The van der Waals surface area contributed by atoms with E-state index in [0.29, 0.717) is 48.9 Å². The first kappa shape index (κ1) is 33.3. The molecule has 2 fully saturated rings. The second kappa shape index (κ2) is 16.4. The fourth-order valence-corrected chi connectivity index (χ4v) is 6.75. The third-order valence-corrected chi connectivity index (χ3v) is 8.39. The molecule has 206 valence electrons. The normalized spacial score (nSPS) is 23.3. The fraction of sp³-hybridized carbons (Fsp3) is 0.586. The molecule has 2 heterocycles. The summed E-state index contributed by atoms with van der Waals surface area (Å²) in [6.45, 7) is 5.24. The van der Waals surface area contributed by atoms with E-state index < -0.39 is 0 Å². The first-order valence-corrected chi connectivity index (χ1v) is 14.6. The first-order valence-electron chi connectivity index (χ1n) is 13.4. The summed E-state index contributed by atoms with van der Waals surface area (Å²) in [6, 6.07) is 16.1. The zero-order chi connectivity index (χ0) is 25.5. The molecule has 2 aliphatic rings. The van der Waals surface area contributed by atoms with Gasteiger partial charge in [-0.05, 0) is 73.5 Å². The smallest absolute Gasteiger partial charge is 2.00 e. The minimum atomic E-state index is -0.104. The summed E-state index contributed by atoms with van der Waals surface area (Å²) in [5.74, 6) is 1.71. The second-order valence-electron chi connectivity index (χ2n) is 10.1. The molecule has 2 bridgehead atoms. The van der Waals surface area contributed by atoms with Gasteiger partial charge in [0.2, 0.25) is 0 Å². The summed E-state index contributed by atoms with van der Waals surface area (Å²) < 4.78 is 0. The van der Waals surface area contributed by atoms with Crippen molar-refractivity contribution in [3.05, 3.63) is 48.0 Å². The van der Waals surface area contributed by atoms with Gasteiger partial charge in [-0.2, -0.15) is 11.5 Å². The van der Waals surface area contributed by atoms with E-state index in [9.17, 15) is 9.90 Å². The van der Waals surface area contributed by atoms with Crippen molar-refractivity contribution in [2.75, 3.05) is 44.2 Å². The van der Waals surface area contributed by atoms with Gasteiger partial charge in [0, 0.05) is 37.5 Å². The van der Waals surface area contributed by atoms with Crippen LogP contribution in [0.5, 0.6) is 0 Å². The summed E-state index contributed by atoms with van der Waals surface area (Å²) in [5, 5.41) is 14.6.